The Bertz CT molecular complexity index is 701. The third kappa shape index (κ3) is 4.06. The molecule has 0 aromatic heterocycles. The van der Waals surface area contributed by atoms with Crippen LogP contribution in [0, 0.1) is 0 Å². The van der Waals surface area contributed by atoms with Crippen molar-refractivity contribution in [3.63, 3.8) is 0 Å². The maximum Gasteiger partial charge on any atom is 0.308 e. The van der Waals surface area contributed by atoms with Crippen LogP contribution in [0.25, 0.3) is 0 Å². The lowest BCUT2D eigenvalue weighted by atomic mass is 10.1. The van der Waals surface area contributed by atoms with Crippen LogP contribution < -0.4 is 15.8 Å². The summed E-state index contributed by atoms with van der Waals surface area (Å²) in [5, 5.41) is 2.72. The van der Waals surface area contributed by atoms with Crippen LogP contribution in [0.1, 0.15) is 17.3 Å². The molecular weight excluding hydrogens is 336 g/mol. The summed E-state index contributed by atoms with van der Waals surface area (Å²) in [6, 6.07) is 11.7. The maximum absolute atomic E-state index is 12.3. The van der Waals surface area contributed by atoms with E-state index in [4.69, 9.17) is 10.5 Å². The van der Waals surface area contributed by atoms with Gasteiger partial charge in [0.05, 0.1) is 5.56 Å². The van der Waals surface area contributed by atoms with E-state index in [1.165, 1.54) is 19.1 Å². The van der Waals surface area contributed by atoms with Crippen molar-refractivity contribution in [2.24, 2.45) is 0 Å². The number of benzene rings is 2. The van der Waals surface area contributed by atoms with Crippen LogP contribution in [0.2, 0.25) is 0 Å². The fourth-order valence-corrected chi connectivity index (χ4v) is 2.13. The van der Waals surface area contributed by atoms with Crippen molar-refractivity contribution in [1.82, 2.24) is 0 Å². The molecule has 1 amide bonds. The van der Waals surface area contributed by atoms with Gasteiger partial charge in [-0.2, -0.15) is 0 Å². The van der Waals surface area contributed by atoms with Gasteiger partial charge in [-0.3, -0.25) is 9.59 Å². The molecular formula is C15H13BrN2O3. The molecule has 0 aliphatic heterocycles. The number of amides is 1. The average molecular weight is 349 g/mol. The number of nitrogens with one attached hydrogen (secondary N) is 1. The van der Waals surface area contributed by atoms with Crippen molar-refractivity contribution in [2.45, 2.75) is 6.92 Å². The molecule has 0 atom stereocenters. The smallest absolute Gasteiger partial charge is 0.308 e. The molecule has 0 aliphatic rings. The third-order valence-corrected chi connectivity index (χ3v) is 3.08. The van der Waals surface area contributed by atoms with Gasteiger partial charge in [-0.05, 0) is 36.4 Å². The summed E-state index contributed by atoms with van der Waals surface area (Å²) in [4.78, 5) is 23.4. The van der Waals surface area contributed by atoms with E-state index in [-0.39, 0.29) is 11.3 Å². The molecule has 0 spiro atoms. The van der Waals surface area contributed by atoms with E-state index in [9.17, 15) is 9.59 Å². The summed E-state index contributed by atoms with van der Waals surface area (Å²) in [5.74, 6) is -0.739. The zero-order valence-corrected chi connectivity index (χ0v) is 12.8. The monoisotopic (exact) mass is 348 g/mol. The standard InChI is InChI=1S/C15H13BrN2O3/c1-9(19)21-14-6-5-11(17)8-13(14)15(20)18-12-4-2-3-10(16)7-12/h2-8H,17H2,1H3,(H,18,20). The highest BCUT2D eigenvalue weighted by molar-refractivity contribution is 9.10. The first-order valence-electron chi connectivity index (χ1n) is 6.10. The van der Waals surface area contributed by atoms with Crippen LogP contribution in [0.3, 0.4) is 0 Å². The quantitative estimate of drug-likeness (QED) is 0.507. The molecule has 2 rings (SSSR count). The second-order valence-corrected chi connectivity index (χ2v) is 5.23. The second kappa shape index (κ2) is 6.41. The van der Waals surface area contributed by atoms with Gasteiger partial charge in [0.25, 0.3) is 5.91 Å². The Balaban J connectivity index is 2.29. The topological polar surface area (TPSA) is 81.4 Å². The van der Waals surface area contributed by atoms with E-state index in [1.807, 2.05) is 6.07 Å². The Hall–Kier alpha value is -2.34. The summed E-state index contributed by atoms with van der Waals surface area (Å²) in [7, 11) is 0. The van der Waals surface area contributed by atoms with Gasteiger partial charge in [0.15, 0.2) is 0 Å². The van der Waals surface area contributed by atoms with Gasteiger partial charge in [-0.25, -0.2) is 0 Å². The average Bonchev–Trinajstić information content (AvgIpc) is 2.40. The molecule has 3 N–H and O–H groups in total. The molecule has 0 saturated carbocycles. The summed E-state index contributed by atoms with van der Waals surface area (Å²) in [6.07, 6.45) is 0. The van der Waals surface area contributed by atoms with Crippen LogP contribution in [0.15, 0.2) is 46.9 Å². The Morgan fingerprint density at radius 2 is 1.95 bits per heavy atom. The summed E-state index contributed by atoms with van der Waals surface area (Å²) < 4.78 is 5.86. The zero-order chi connectivity index (χ0) is 15.4. The van der Waals surface area contributed by atoms with E-state index in [2.05, 4.69) is 21.2 Å². The first-order chi connectivity index (χ1) is 9.95. The molecule has 2 aromatic rings. The summed E-state index contributed by atoms with van der Waals surface area (Å²) in [6.45, 7) is 1.27. The number of halogens is 1. The molecule has 0 aliphatic carbocycles. The SMILES string of the molecule is CC(=O)Oc1ccc(N)cc1C(=O)Nc1cccc(Br)c1. The van der Waals surface area contributed by atoms with E-state index < -0.39 is 11.9 Å². The minimum atomic E-state index is -0.503. The van der Waals surface area contributed by atoms with Crippen molar-refractivity contribution in [3.05, 3.63) is 52.5 Å². The number of hydrogen-bond acceptors (Lipinski definition) is 4. The largest absolute Gasteiger partial charge is 0.426 e. The Morgan fingerprint density at radius 3 is 2.62 bits per heavy atom. The van der Waals surface area contributed by atoms with Crippen molar-refractivity contribution < 1.29 is 14.3 Å². The van der Waals surface area contributed by atoms with Crippen molar-refractivity contribution in [3.8, 4) is 5.75 Å². The van der Waals surface area contributed by atoms with Crippen molar-refractivity contribution in [2.75, 3.05) is 11.1 Å². The predicted octanol–water partition coefficient (Wildman–Crippen LogP) is 3.21. The van der Waals surface area contributed by atoms with Gasteiger partial charge in [-0.15, -0.1) is 0 Å². The highest BCUT2D eigenvalue weighted by Crippen LogP contribution is 2.24. The Labute approximate surface area is 130 Å². The molecule has 0 bridgehead atoms. The van der Waals surface area contributed by atoms with Gasteiger partial charge in [-0.1, -0.05) is 22.0 Å². The molecule has 0 saturated heterocycles. The number of nitrogen functional groups attached to an aromatic ring is 1. The van der Waals surface area contributed by atoms with Gasteiger partial charge in [0.2, 0.25) is 0 Å². The van der Waals surface area contributed by atoms with Gasteiger partial charge in [0.1, 0.15) is 5.75 Å². The van der Waals surface area contributed by atoms with Crippen molar-refractivity contribution >= 4 is 39.2 Å². The number of hydrogen-bond donors (Lipinski definition) is 2. The van der Waals surface area contributed by atoms with E-state index in [0.717, 1.165) is 4.47 Å². The highest BCUT2D eigenvalue weighted by Gasteiger charge is 2.15. The lowest BCUT2D eigenvalue weighted by Gasteiger charge is -2.10. The molecule has 0 heterocycles. The Morgan fingerprint density at radius 1 is 1.19 bits per heavy atom. The molecule has 0 radical (unpaired) electrons. The maximum atomic E-state index is 12.3. The minimum Gasteiger partial charge on any atom is -0.426 e. The number of nitrogens with two attached hydrogens (primary N) is 1. The second-order valence-electron chi connectivity index (χ2n) is 4.31. The van der Waals surface area contributed by atoms with Crippen LogP contribution in [-0.4, -0.2) is 11.9 Å². The molecule has 21 heavy (non-hydrogen) atoms. The van der Waals surface area contributed by atoms with Crippen LogP contribution in [-0.2, 0) is 4.79 Å². The molecule has 6 heteroatoms. The first-order valence-corrected chi connectivity index (χ1v) is 6.90. The molecule has 2 aromatic carbocycles. The fraction of sp³-hybridized carbons (Fsp3) is 0.0667. The predicted molar refractivity (Wildman–Crippen MR) is 84.3 cm³/mol. The highest BCUT2D eigenvalue weighted by atomic mass is 79.9. The normalized spacial score (nSPS) is 10.0. The van der Waals surface area contributed by atoms with Crippen molar-refractivity contribution in [1.29, 1.82) is 0 Å². The molecule has 108 valence electrons. The number of rotatable bonds is 3. The van der Waals surface area contributed by atoms with Crippen LogP contribution in [0.5, 0.6) is 5.75 Å². The molecule has 5 nitrogen and oxygen atoms in total. The number of carbonyl (C=O) groups excluding carboxylic acids is 2. The number of esters is 1. The lowest BCUT2D eigenvalue weighted by molar-refractivity contribution is -0.131. The first kappa shape index (κ1) is 15.1. The summed E-state index contributed by atoms with van der Waals surface area (Å²) in [5.41, 5.74) is 6.91. The van der Waals surface area contributed by atoms with Crippen LogP contribution in [0.4, 0.5) is 11.4 Å². The third-order valence-electron chi connectivity index (χ3n) is 2.58. The molecule has 0 fully saturated rings. The van der Waals surface area contributed by atoms with E-state index in [1.54, 1.807) is 24.3 Å². The summed E-state index contributed by atoms with van der Waals surface area (Å²) >= 11 is 3.33. The van der Waals surface area contributed by atoms with Gasteiger partial charge >= 0.3 is 5.97 Å². The van der Waals surface area contributed by atoms with Gasteiger partial charge < -0.3 is 15.8 Å². The number of ether oxygens (including phenoxy) is 1. The zero-order valence-electron chi connectivity index (χ0n) is 11.2. The van der Waals surface area contributed by atoms with E-state index >= 15 is 0 Å². The molecule has 0 unspecified atom stereocenters. The fourth-order valence-electron chi connectivity index (χ4n) is 1.73. The van der Waals surface area contributed by atoms with Gasteiger partial charge in [0, 0.05) is 22.8 Å². The van der Waals surface area contributed by atoms with E-state index in [0.29, 0.717) is 11.4 Å². The number of carbonyl (C=O) groups is 2. The lowest BCUT2D eigenvalue weighted by Crippen LogP contribution is -2.15. The minimum absolute atomic E-state index is 0.171. The number of anilines is 2. The Kier molecular flexibility index (Phi) is 4.59. The van der Waals surface area contributed by atoms with Crippen LogP contribution >= 0.6 is 15.9 Å².